The molecule has 0 nitrogen and oxygen atoms in total. The second-order valence-electron chi connectivity index (χ2n) is 3.34. The summed E-state index contributed by atoms with van der Waals surface area (Å²) in [4.78, 5) is 0. The average molecular weight is 182 g/mol. The number of rotatable bonds is 1. The van der Waals surface area contributed by atoms with E-state index in [4.69, 9.17) is 0 Å². The molecule has 0 bridgehead atoms. The summed E-state index contributed by atoms with van der Waals surface area (Å²) in [6.07, 6.45) is 2.04. The highest BCUT2D eigenvalue weighted by atomic mass is 32.1. The highest BCUT2D eigenvalue weighted by molar-refractivity contribution is 7.81. The van der Waals surface area contributed by atoms with Gasteiger partial charge in [-0.15, -0.1) is 0 Å². The molecule has 1 aliphatic rings. The first kappa shape index (κ1) is 8.11. The quantitative estimate of drug-likeness (QED) is 0.634. The lowest BCUT2D eigenvalue weighted by atomic mass is 9.79. The maximum atomic E-state index is 13.2. The van der Waals surface area contributed by atoms with E-state index in [9.17, 15) is 4.39 Å². The van der Waals surface area contributed by atoms with Gasteiger partial charge >= 0.3 is 0 Å². The molecule has 0 radical (unpaired) electrons. The molecule has 12 heavy (non-hydrogen) atoms. The predicted molar refractivity (Wildman–Crippen MR) is 51.1 cm³/mol. The van der Waals surface area contributed by atoms with Crippen LogP contribution in [0.5, 0.6) is 0 Å². The fraction of sp³-hybridized carbons (Fsp3) is 0.400. The van der Waals surface area contributed by atoms with Crippen molar-refractivity contribution in [1.29, 1.82) is 0 Å². The molecule has 1 fully saturated rings. The van der Waals surface area contributed by atoms with Crippen LogP contribution in [0, 0.1) is 5.82 Å². The molecule has 0 atom stereocenters. The van der Waals surface area contributed by atoms with Gasteiger partial charge in [0.25, 0.3) is 0 Å². The van der Waals surface area contributed by atoms with E-state index in [2.05, 4.69) is 12.6 Å². The first-order valence-corrected chi connectivity index (χ1v) is 4.71. The van der Waals surface area contributed by atoms with Crippen LogP contribution < -0.4 is 0 Å². The summed E-state index contributed by atoms with van der Waals surface area (Å²) in [6, 6.07) is 7.03. The van der Waals surface area contributed by atoms with Crippen LogP contribution in [-0.4, -0.2) is 5.25 Å². The Balaban J connectivity index is 2.18. The zero-order valence-electron chi connectivity index (χ0n) is 6.70. The van der Waals surface area contributed by atoms with Gasteiger partial charge in [-0.2, -0.15) is 12.6 Å². The third-order valence-electron chi connectivity index (χ3n) is 2.46. The van der Waals surface area contributed by atoms with E-state index in [1.165, 1.54) is 6.07 Å². The van der Waals surface area contributed by atoms with Crippen LogP contribution in [0.3, 0.4) is 0 Å². The van der Waals surface area contributed by atoms with Gasteiger partial charge in [-0.25, -0.2) is 4.39 Å². The zero-order valence-corrected chi connectivity index (χ0v) is 7.60. The summed E-state index contributed by atoms with van der Waals surface area (Å²) < 4.78 is 13.2. The fourth-order valence-electron chi connectivity index (χ4n) is 1.65. The van der Waals surface area contributed by atoms with Crippen molar-refractivity contribution in [3.63, 3.8) is 0 Å². The van der Waals surface area contributed by atoms with Gasteiger partial charge in [-0.05, 0) is 30.4 Å². The van der Waals surface area contributed by atoms with E-state index in [-0.39, 0.29) is 5.82 Å². The molecule has 0 N–H and O–H groups in total. The van der Waals surface area contributed by atoms with Crippen molar-refractivity contribution in [2.75, 3.05) is 0 Å². The minimum Gasteiger partial charge on any atom is -0.207 e. The molecule has 1 aromatic carbocycles. The second kappa shape index (κ2) is 3.09. The SMILES string of the molecule is Fc1ccccc1C1CC(S)C1. The molecule has 0 heterocycles. The smallest absolute Gasteiger partial charge is 0.126 e. The third kappa shape index (κ3) is 1.36. The summed E-state index contributed by atoms with van der Waals surface area (Å²) in [5, 5.41) is 0.481. The van der Waals surface area contributed by atoms with Gasteiger partial charge in [0.2, 0.25) is 0 Å². The molecule has 0 unspecified atom stereocenters. The highest BCUT2D eigenvalue weighted by Gasteiger charge is 2.28. The normalized spacial score (nSPS) is 28.2. The molecule has 0 aliphatic heterocycles. The molecular formula is C10H11FS. The molecule has 1 aromatic rings. The highest BCUT2D eigenvalue weighted by Crippen LogP contribution is 2.40. The van der Waals surface area contributed by atoms with Crippen molar-refractivity contribution in [3.8, 4) is 0 Å². The summed E-state index contributed by atoms with van der Waals surface area (Å²) in [7, 11) is 0. The van der Waals surface area contributed by atoms with Crippen LogP contribution in [0.2, 0.25) is 0 Å². The lowest BCUT2D eigenvalue weighted by Crippen LogP contribution is -2.22. The Morgan fingerprint density at radius 2 is 1.92 bits per heavy atom. The van der Waals surface area contributed by atoms with Crippen LogP contribution in [0.25, 0.3) is 0 Å². The number of halogens is 1. The monoisotopic (exact) mass is 182 g/mol. The molecule has 64 valence electrons. The Hall–Kier alpha value is -0.500. The Labute approximate surface area is 77.2 Å². The van der Waals surface area contributed by atoms with Crippen molar-refractivity contribution in [2.24, 2.45) is 0 Å². The van der Waals surface area contributed by atoms with E-state index >= 15 is 0 Å². The fourth-order valence-corrected chi connectivity index (χ4v) is 2.16. The van der Waals surface area contributed by atoms with E-state index in [1.54, 1.807) is 6.07 Å². The standard InChI is InChI=1S/C10H11FS/c11-10-4-2-1-3-9(10)7-5-8(12)6-7/h1-4,7-8,12H,5-6H2. The number of thiol groups is 1. The van der Waals surface area contributed by atoms with Crippen LogP contribution in [0.15, 0.2) is 24.3 Å². The van der Waals surface area contributed by atoms with Crippen molar-refractivity contribution < 1.29 is 4.39 Å². The van der Waals surface area contributed by atoms with Gasteiger partial charge < -0.3 is 0 Å². The largest absolute Gasteiger partial charge is 0.207 e. The van der Waals surface area contributed by atoms with E-state index < -0.39 is 0 Å². The summed E-state index contributed by atoms with van der Waals surface area (Å²) >= 11 is 4.31. The van der Waals surface area contributed by atoms with E-state index in [0.29, 0.717) is 11.2 Å². The first-order valence-electron chi connectivity index (χ1n) is 4.20. The van der Waals surface area contributed by atoms with Gasteiger partial charge in [0.15, 0.2) is 0 Å². The van der Waals surface area contributed by atoms with Gasteiger partial charge in [-0.1, -0.05) is 18.2 Å². The predicted octanol–water partition coefficient (Wildman–Crippen LogP) is 3.00. The summed E-state index contributed by atoms with van der Waals surface area (Å²) in [5.41, 5.74) is 0.864. The molecule has 2 rings (SSSR count). The van der Waals surface area contributed by atoms with Gasteiger partial charge in [0.1, 0.15) is 5.82 Å². The molecule has 0 saturated heterocycles. The average Bonchev–Trinajstić information content (AvgIpc) is 2.01. The Kier molecular flexibility index (Phi) is 2.09. The van der Waals surface area contributed by atoms with Crippen LogP contribution in [0.1, 0.15) is 24.3 Å². The Morgan fingerprint density at radius 1 is 1.25 bits per heavy atom. The topological polar surface area (TPSA) is 0 Å². The van der Waals surface area contributed by atoms with E-state index in [0.717, 1.165) is 18.4 Å². The first-order chi connectivity index (χ1) is 5.77. The molecular weight excluding hydrogens is 171 g/mol. The van der Waals surface area contributed by atoms with Crippen molar-refractivity contribution in [3.05, 3.63) is 35.6 Å². The summed E-state index contributed by atoms with van der Waals surface area (Å²) in [5.74, 6) is 0.344. The molecule has 0 amide bonds. The van der Waals surface area contributed by atoms with E-state index in [1.807, 2.05) is 12.1 Å². The van der Waals surface area contributed by atoms with Crippen LogP contribution in [0.4, 0.5) is 4.39 Å². The molecule has 1 saturated carbocycles. The van der Waals surface area contributed by atoms with Gasteiger partial charge in [0, 0.05) is 5.25 Å². The lowest BCUT2D eigenvalue weighted by Gasteiger charge is -2.32. The zero-order chi connectivity index (χ0) is 8.55. The number of hydrogen-bond acceptors (Lipinski definition) is 1. The molecule has 1 aliphatic carbocycles. The van der Waals surface area contributed by atoms with Crippen LogP contribution >= 0.6 is 12.6 Å². The summed E-state index contributed by atoms with van der Waals surface area (Å²) in [6.45, 7) is 0. The molecule has 0 aromatic heterocycles. The number of hydrogen-bond donors (Lipinski definition) is 1. The maximum absolute atomic E-state index is 13.2. The van der Waals surface area contributed by atoms with Gasteiger partial charge in [0.05, 0.1) is 0 Å². The Morgan fingerprint density at radius 3 is 2.50 bits per heavy atom. The number of benzene rings is 1. The third-order valence-corrected chi connectivity index (χ3v) is 2.88. The molecule has 2 heteroatoms. The Bertz CT molecular complexity index is 279. The van der Waals surface area contributed by atoms with Gasteiger partial charge in [-0.3, -0.25) is 0 Å². The lowest BCUT2D eigenvalue weighted by molar-refractivity contribution is 0.420. The van der Waals surface area contributed by atoms with Crippen molar-refractivity contribution >= 4 is 12.6 Å². The minimum atomic E-state index is -0.0669. The van der Waals surface area contributed by atoms with Crippen molar-refractivity contribution in [2.45, 2.75) is 24.0 Å². The molecule has 0 spiro atoms. The second-order valence-corrected chi connectivity index (χ2v) is 4.07. The maximum Gasteiger partial charge on any atom is 0.126 e. The minimum absolute atomic E-state index is 0.0669. The van der Waals surface area contributed by atoms with Crippen molar-refractivity contribution in [1.82, 2.24) is 0 Å². The van der Waals surface area contributed by atoms with Crippen LogP contribution in [-0.2, 0) is 0 Å².